The van der Waals surface area contributed by atoms with Crippen molar-refractivity contribution in [3.05, 3.63) is 102 Å². The van der Waals surface area contributed by atoms with Crippen molar-refractivity contribution in [2.45, 2.75) is 38.5 Å². The molecule has 4 aromatic rings. The molecule has 36 heavy (non-hydrogen) atoms. The van der Waals surface area contributed by atoms with Crippen molar-refractivity contribution in [1.82, 2.24) is 9.97 Å². The van der Waals surface area contributed by atoms with Gasteiger partial charge in [-0.2, -0.15) is 0 Å². The molecule has 2 heterocycles. The fourth-order valence-electron chi connectivity index (χ4n) is 3.72. The first-order chi connectivity index (χ1) is 17.4. The van der Waals surface area contributed by atoms with Gasteiger partial charge in [-0.3, -0.25) is 4.79 Å². The van der Waals surface area contributed by atoms with Crippen LogP contribution in [0.5, 0.6) is 0 Å². The molecular formula is C27H28N4O4S. The third-order valence-electron chi connectivity index (χ3n) is 5.51. The summed E-state index contributed by atoms with van der Waals surface area (Å²) in [6.07, 6.45) is 3.40. The average Bonchev–Trinajstić information content (AvgIpc) is 3.38. The van der Waals surface area contributed by atoms with Gasteiger partial charge in [0.2, 0.25) is 15.0 Å². The number of carbonyl (C=O) groups is 1. The molecule has 0 aliphatic rings. The molecule has 0 unspecified atom stereocenters. The summed E-state index contributed by atoms with van der Waals surface area (Å²) in [7, 11) is -3.74. The van der Waals surface area contributed by atoms with Crippen LogP contribution in [0, 0.1) is 6.92 Å². The Morgan fingerprint density at radius 2 is 1.75 bits per heavy atom. The molecule has 2 aromatic heterocycles. The zero-order valence-corrected chi connectivity index (χ0v) is 21.0. The number of anilines is 2. The number of benzene rings is 2. The normalized spacial score (nSPS) is 11.3. The van der Waals surface area contributed by atoms with Crippen molar-refractivity contribution < 1.29 is 17.6 Å². The highest BCUT2D eigenvalue weighted by atomic mass is 32.2. The summed E-state index contributed by atoms with van der Waals surface area (Å²) in [6, 6.07) is 20.7. The maximum Gasteiger partial charge on any atom is 0.276 e. The van der Waals surface area contributed by atoms with Gasteiger partial charge >= 0.3 is 0 Å². The molecule has 0 spiro atoms. The molecule has 0 radical (unpaired) electrons. The second-order valence-electron chi connectivity index (χ2n) is 8.45. The van der Waals surface area contributed by atoms with Crippen LogP contribution in [0.25, 0.3) is 0 Å². The Morgan fingerprint density at radius 3 is 2.42 bits per heavy atom. The van der Waals surface area contributed by atoms with Gasteiger partial charge in [-0.15, -0.1) is 0 Å². The quantitative estimate of drug-likeness (QED) is 0.302. The molecule has 0 aliphatic carbocycles. The molecule has 2 aromatic carbocycles. The van der Waals surface area contributed by atoms with Crippen molar-refractivity contribution >= 4 is 27.1 Å². The maximum absolute atomic E-state index is 13.5. The van der Waals surface area contributed by atoms with E-state index in [1.807, 2.05) is 60.4 Å². The van der Waals surface area contributed by atoms with Crippen LogP contribution in [0.4, 0.5) is 11.4 Å². The Labute approximate surface area is 210 Å². The Morgan fingerprint density at radius 1 is 1.00 bits per heavy atom. The van der Waals surface area contributed by atoms with Crippen molar-refractivity contribution in [2.24, 2.45) is 0 Å². The van der Waals surface area contributed by atoms with Gasteiger partial charge in [-0.05, 0) is 43.2 Å². The summed E-state index contributed by atoms with van der Waals surface area (Å²) in [5, 5.41) is 2.48. The van der Waals surface area contributed by atoms with Crippen molar-refractivity contribution in [3.63, 3.8) is 0 Å². The van der Waals surface area contributed by atoms with Crippen LogP contribution in [-0.2, 0) is 22.9 Å². The lowest BCUT2D eigenvalue weighted by Gasteiger charge is -2.25. The molecule has 1 N–H and O–H groups in total. The van der Waals surface area contributed by atoms with E-state index in [9.17, 15) is 13.2 Å². The third kappa shape index (κ3) is 6.17. The van der Waals surface area contributed by atoms with Crippen LogP contribution >= 0.6 is 0 Å². The highest BCUT2D eigenvalue weighted by Gasteiger charge is 2.25. The van der Waals surface area contributed by atoms with Gasteiger partial charge in [0, 0.05) is 12.2 Å². The SMILES string of the molecule is CCCS(=O)(=O)c1ncc(N(Cc2ccccc2)Cc2ccco2)c(C(=O)Nc2ccc(C)cc2)n1. The Kier molecular flexibility index (Phi) is 7.80. The smallest absolute Gasteiger partial charge is 0.276 e. The zero-order chi connectivity index (χ0) is 25.5. The number of amides is 1. The number of hydrogen-bond donors (Lipinski definition) is 1. The number of carbonyl (C=O) groups excluding carboxylic acids is 1. The fraction of sp³-hybridized carbons (Fsp3) is 0.222. The molecule has 9 heteroatoms. The lowest BCUT2D eigenvalue weighted by atomic mass is 10.2. The highest BCUT2D eigenvalue weighted by Crippen LogP contribution is 2.26. The molecule has 0 atom stereocenters. The van der Waals surface area contributed by atoms with E-state index in [2.05, 4.69) is 15.3 Å². The van der Waals surface area contributed by atoms with E-state index in [4.69, 9.17) is 4.42 Å². The second-order valence-corrected chi connectivity index (χ2v) is 10.4. The minimum Gasteiger partial charge on any atom is -0.467 e. The van der Waals surface area contributed by atoms with E-state index < -0.39 is 15.7 Å². The Bertz CT molecular complexity index is 1400. The third-order valence-corrected chi connectivity index (χ3v) is 7.21. The van der Waals surface area contributed by atoms with E-state index in [0.29, 0.717) is 36.6 Å². The van der Waals surface area contributed by atoms with E-state index in [1.54, 1.807) is 31.4 Å². The molecule has 0 aliphatic heterocycles. The first-order valence-electron chi connectivity index (χ1n) is 11.6. The van der Waals surface area contributed by atoms with Crippen LogP contribution in [0.15, 0.2) is 88.8 Å². The lowest BCUT2D eigenvalue weighted by molar-refractivity contribution is 0.102. The highest BCUT2D eigenvalue weighted by molar-refractivity contribution is 7.91. The lowest BCUT2D eigenvalue weighted by Crippen LogP contribution is -2.27. The summed E-state index contributed by atoms with van der Waals surface area (Å²) >= 11 is 0. The Balaban J connectivity index is 1.78. The Hall–Kier alpha value is -3.98. The van der Waals surface area contributed by atoms with Crippen molar-refractivity contribution in [3.8, 4) is 0 Å². The number of rotatable bonds is 10. The van der Waals surface area contributed by atoms with Gasteiger partial charge in [0.1, 0.15) is 5.76 Å². The van der Waals surface area contributed by atoms with Crippen LogP contribution in [0.2, 0.25) is 0 Å². The standard InChI is InChI=1S/C27H28N4O4S/c1-3-16-36(33,34)27-28-17-24(25(30-27)26(32)29-22-13-11-20(2)12-14-22)31(19-23-10-7-15-35-23)18-21-8-5-4-6-9-21/h4-15,17H,3,16,18-19H2,1-2H3,(H,29,32). The van der Waals surface area contributed by atoms with Crippen LogP contribution < -0.4 is 10.2 Å². The van der Waals surface area contributed by atoms with Crippen LogP contribution in [-0.4, -0.2) is 30.0 Å². The summed E-state index contributed by atoms with van der Waals surface area (Å²) < 4.78 is 31.1. The minimum atomic E-state index is -3.74. The van der Waals surface area contributed by atoms with Gasteiger partial charge in [0.05, 0.1) is 30.4 Å². The number of nitrogens with zero attached hydrogens (tertiary/aromatic N) is 3. The summed E-state index contributed by atoms with van der Waals surface area (Å²) in [5.41, 5.74) is 3.00. The molecule has 0 saturated carbocycles. The van der Waals surface area contributed by atoms with E-state index in [0.717, 1.165) is 11.1 Å². The number of furan rings is 1. The molecule has 1 amide bonds. The molecule has 0 bridgehead atoms. The van der Waals surface area contributed by atoms with Gasteiger partial charge in [0.25, 0.3) is 5.91 Å². The monoisotopic (exact) mass is 504 g/mol. The van der Waals surface area contributed by atoms with Gasteiger partial charge in [-0.25, -0.2) is 18.4 Å². The van der Waals surface area contributed by atoms with E-state index in [-0.39, 0.29) is 16.6 Å². The molecular weight excluding hydrogens is 476 g/mol. The van der Waals surface area contributed by atoms with Crippen LogP contribution in [0.3, 0.4) is 0 Å². The first-order valence-corrected chi connectivity index (χ1v) is 13.3. The topological polar surface area (TPSA) is 105 Å². The summed E-state index contributed by atoms with van der Waals surface area (Å²) in [6.45, 7) is 4.48. The fourth-order valence-corrected chi connectivity index (χ4v) is 4.88. The summed E-state index contributed by atoms with van der Waals surface area (Å²) in [5.74, 6) is 0.0473. The number of nitrogens with one attached hydrogen (secondary N) is 1. The van der Waals surface area contributed by atoms with Gasteiger partial charge in [-0.1, -0.05) is 55.0 Å². The van der Waals surface area contributed by atoms with Gasteiger partial charge < -0.3 is 14.6 Å². The summed E-state index contributed by atoms with van der Waals surface area (Å²) in [4.78, 5) is 23.8. The number of hydrogen-bond acceptors (Lipinski definition) is 7. The van der Waals surface area contributed by atoms with Crippen LogP contribution in [0.1, 0.15) is 40.7 Å². The maximum atomic E-state index is 13.5. The number of aryl methyl sites for hydroxylation is 1. The van der Waals surface area contributed by atoms with Gasteiger partial charge in [0.15, 0.2) is 5.69 Å². The first kappa shape index (κ1) is 25.1. The molecule has 186 valence electrons. The number of aromatic nitrogens is 2. The number of sulfone groups is 1. The molecule has 8 nitrogen and oxygen atoms in total. The minimum absolute atomic E-state index is 0.0252. The van der Waals surface area contributed by atoms with E-state index in [1.165, 1.54) is 6.20 Å². The van der Waals surface area contributed by atoms with Crippen molar-refractivity contribution in [2.75, 3.05) is 16.0 Å². The predicted molar refractivity (Wildman–Crippen MR) is 139 cm³/mol. The zero-order valence-electron chi connectivity index (χ0n) is 20.2. The van der Waals surface area contributed by atoms with Crippen molar-refractivity contribution in [1.29, 1.82) is 0 Å². The molecule has 0 fully saturated rings. The average molecular weight is 505 g/mol. The second kappa shape index (κ2) is 11.2. The predicted octanol–water partition coefficient (Wildman–Crippen LogP) is 5.02. The largest absolute Gasteiger partial charge is 0.467 e. The van der Waals surface area contributed by atoms with E-state index >= 15 is 0 Å². The molecule has 4 rings (SSSR count). The molecule has 0 saturated heterocycles.